The molecule has 0 radical (unpaired) electrons. The molecular formula is C22H29N3O2. The Morgan fingerprint density at radius 3 is 2.33 bits per heavy atom. The first kappa shape index (κ1) is 19.1. The smallest absolute Gasteiger partial charge is 0.321 e. The maximum absolute atomic E-state index is 12.6. The Kier molecular flexibility index (Phi) is 6.22. The van der Waals surface area contributed by atoms with Gasteiger partial charge in [0, 0.05) is 37.6 Å². The lowest BCUT2D eigenvalue weighted by atomic mass is 10.00. The molecule has 2 amide bonds. The summed E-state index contributed by atoms with van der Waals surface area (Å²) in [4.78, 5) is 16.8. The summed E-state index contributed by atoms with van der Waals surface area (Å²) in [6.07, 6.45) is 0. The van der Waals surface area contributed by atoms with Crippen LogP contribution in [0.3, 0.4) is 0 Å². The molecule has 1 aliphatic heterocycles. The third kappa shape index (κ3) is 4.73. The van der Waals surface area contributed by atoms with E-state index in [1.165, 1.54) is 11.3 Å². The molecule has 0 bridgehead atoms. The van der Waals surface area contributed by atoms with Crippen molar-refractivity contribution in [3.8, 4) is 5.75 Å². The fourth-order valence-electron chi connectivity index (χ4n) is 3.42. The van der Waals surface area contributed by atoms with Crippen molar-refractivity contribution in [1.29, 1.82) is 0 Å². The van der Waals surface area contributed by atoms with Crippen LogP contribution in [-0.4, -0.2) is 43.7 Å². The summed E-state index contributed by atoms with van der Waals surface area (Å²) in [5.41, 5.74) is 3.44. The summed E-state index contributed by atoms with van der Waals surface area (Å²) >= 11 is 0. The van der Waals surface area contributed by atoms with Gasteiger partial charge in [-0.3, -0.25) is 0 Å². The van der Waals surface area contributed by atoms with Crippen LogP contribution in [0.4, 0.5) is 16.2 Å². The second-order valence-electron chi connectivity index (χ2n) is 7.08. The van der Waals surface area contributed by atoms with Crippen LogP contribution < -0.4 is 15.0 Å². The van der Waals surface area contributed by atoms with Crippen LogP contribution in [0.2, 0.25) is 0 Å². The van der Waals surface area contributed by atoms with E-state index in [4.69, 9.17) is 4.74 Å². The molecule has 0 unspecified atom stereocenters. The Bertz CT molecular complexity index is 750. The molecule has 2 aromatic carbocycles. The number of amides is 2. The van der Waals surface area contributed by atoms with Crippen molar-refractivity contribution >= 4 is 17.4 Å². The second-order valence-corrected chi connectivity index (χ2v) is 7.08. The van der Waals surface area contributed by atoms with Crippen LogP contribution >= 0.6 is 0 Å². The molecule has 144 valence electrons. The van der Waals surface area contributed by atoms with Crippen molar-refractivity contribution in [2.24, 2.45) is 0 Å². The number of rotatable bonds is 5. The van der Waals surface area contributed by atoms with E-state index in [0.717, 1.165) is 37.6 Å². The van der Waals surface area contributed by atoms with Crippen LogP contribution in [0.5, 0.6) is 5.75 Å². The van der Waals surface area contributed by atoms with E-state index in [2.05, 4.69) is 48.3 Å². The highest BCUT2D eigenvalue weighted by atomic mass is 16.5. The fourth-order valence-corrected chi connectivity index (χ4v) is 3.42. The monoisotopic (exact) mass is 367 g/mol. The van der Waals surface area contributed by atoms with Crippen LogP contribution in [0.25, 0.3) is 0 Å². The first-order valence-corrected chi connectivity index (χ1v) is 9.71. The Morgan fingerprint density at radius 2 is 1.70 bits per heavy atom. The maximum Gasteiger partial charge on any atom is 0.321 e. The Morgan fingerprint density at radius 1 is 1.04 bits per heavy atom. The van der Waals surface area contributed by atoms with Crippen LogP contribution in [0.15, 0.2) is 48.5 Å². The van der Waals surface area contributed by atoms with Gasteiger partial charge in [-0.05, 0) is 48.7 Å². The lowest BCUT2D eigenvalue weighted by Crippen LogP contribution is -2.50. The van der Waals surface area contributed by atoms with E-state index in [1.807, 2.05) is 36.1 Å². The van der Waals surface area contributed by atoms with Gasteiger partial charge in [0.15, 0.2) is 0 Å². The average Bonchev–Trinajstić information content (AvgIpc) is 2.70. The minimum absolute atomic E-state index is 0.0454. The first-order valence-electron chi connectivity index (χ1n) is 9.71. The molecule has 1 saturated heterocycles. The first-order chi connectivity index (χ1) is 13.1. The zero-order valence-corrected chi connectivity index (χ0v) is 16.4. The number of hydrogen-bond acceptors (Lipinski definition) is 3. The van der Waals surface area contributed by atoms with Crippen molar-refractivity contribution < 1.29 is 9.53 Å². The predicted molar refractivity (Wildman–Crippen MR) is 111 cm³/mol. The van der Waals surface area contributed by atoms with Gasteiger partial charge >= 0.3 is 6.03 Å². The molecular weight excluding hydrogens is 338 g/mol. The standard InChI is InChI=1S/C22H29N3O2/c1-4-27-19-11-9-18(10-12-19)23-22(26)25-15-13-24(14-16-25)21-8-6-5-7-20(21)17(2)3/h5-12,17H,4,13-16H2,1-3H3,(H,23,26). The number of benzene rings is 2. The SMILES string of the molecule is CCOc1ccc(NC(=O)N2CCN(c3ccccc3C(C)C)CC2)cc1. The van der Waals surface area contributed by atoms with E-state index >= 15 is 0 Å². The van der Waals surface area contributed by atoms with Crippen molar-refractivity contribution in [2.45, 2.75) is 26.7 Å². The normalized spacial score (nSPS) is 14.4. The summed E-state index contributed by atoms with van der Waals surface area (Å²) < 4.78 is 5.43. The van der Waals surface area contributed by atoms with Crippen LogP contribution in [0.1, 0.15) is 32.3 Å². The van der Waals surface area contributed by atoms with Crippen molar-refractivity contribution in [1.82, 2.24) is 4.90 Å². The van der Waals surface area contributed by atoms with E-state index in [0.29, 0.717) is 12.5 Å². The van der Waals surface area contributed by atoms with Crippen LogP contribution in [0, 0.1) is 0 Å². The number of hydrogen-bond donors (Lipinski definition) is 1. The zero-order valence-electron chi connectivity index (χ0n) is 16.4. The molecule has 1 aliphatic rings. The van der Waals surface area contributed by atoms with Crippen molar-refractivity contribution in [3.63, 3.8) is 0 Å². The van der Waals surface area contributed by atoms with Gasteiger partial charge in [0.2, 0.25) is 0 Å². The summed E-state index contributed by atoms with van der Waals surface area (Å²) in [5, 5.41) is 2.98. The number of carbonyl (C=O) groups is 1. The highest BCUT2D eigenvalue weighted by molar-refractivity contribution is 5.89. The van der Waals surface area contributed by atoms with Gasteiger partial charge in [-0.15, -0.1) is 0 Å². The van der Waals surface area contributed by atoms with E-state index in [9.17, 15) is 4.79 Å². The minimum Gasteiger partial charge on any atom is -0.494 e. The number of anilines is 2. The number of urea groups is 1. The molecule has 0 spiro atoms. The highest BCUT2D eigenvalue weighted by Crippen LogP contribution is 2.28. The minimum atomic E-state index is -0.0454. The number of piperazine rings is 1. The molecule has 5 heteroatoms. The van der Waals surface area contributed by atoms with Crippen LogP contribution in [-0.2, 0) is 0 Å². The molecule has 27 heavy (non-hydrogen) atoms. The van der Waals surface area contributed by atoms with Crippen molar-refractivity contribution in [3.05, 3.63) is 54.1 Å². The lowest BCUT2D eigenvalue weighted by Gasteiger charge is -2.37. The van der Waals surface area contributed by atoms with Gasteiger partial charge in [0.1, 0.15) is 5.75 Å². The lowest BCUT2D eigenvalue weighted by molar-refractivity contribution is 0.208. The molecule has 2 aromatic rings. The van der Waals surface area contributed by atoms with Gasteiger partial charge in [-0.25, -0.2) is 4.79 Å². The Labute approximate surface area is 161 Å². The van der Waals surface area contributed by atoms with E-state index in [1.54, 1.807) is 0 Å². The topological polar surface area (TPSA) is 44.8 Å². The third-order valence-corrected chi connectivity index (χ3v) is 4.88. The van der Waals surface area contributed by atoms with Gasteiger partial charge < -0.3 is 19.9 Å². The largest absolute Gasteiger partial charge is 0.494 e. The quantitative estimate of drug-likeness (QED) is 0.842. The van der Waals surface area contributed by atoms with Gasteiger partial charge in [-0.2, -0.15) is 0 Å². The summed E-state index contributed by atoms with van der Waals surface area (Å²) in [6, 6.07) is 16.0. The second kappa shape index (κ2) is 8.80. The molecule has 1 fully saturated rings. The summed E-state index contributed by atoms with van der Waals surface area (Å²) in [6.45, 7) is 10.2. The number of carbonyl (C=O) groups excluding carboxylic acids is 1. The van der Waals surface area contributed by atoms with Gasteiger partial charge in [0.25, 0.3) is 0 Å². The molecule has 0 saturated carbocycles. The summed E-state index contributed by atoms with van der Waals surface area (Å²) in [7, 11) is 0. The molecule has 3 rings (SSSR count). The Hall–Kier alpha value is -2.69. The predicted octanol–water partition coefficient (Wildman–Crippen LogP) is 4.56. The molecule has 0 aliphatic carbocycles. The molecule has 1 heterocycles. The summed E-state index contributed by atoms with van der Waals surface area (Å²) in [5.74, 6) is 1.30. The van der Waals surface area contributed by atoms with Crippen molar-refractivity contribution in [2.75, 3.05) is 43.0 Å². The number of ether oxygens (including phenoxy) is 1. The van der Waals surface area contributed by atoms with Gasteiger partial charge in [-0.1, -0.05) is 32.0 Å². The maximum atomic E-state index is 12.6. The fraction of sp³-hybridized carbons (Fsp3) is 0.409. The zero-order chi connectivity index (χ0) is 19.2. The molecule has 5 nitrogen and oxygen atoms in total. The molecule has 0 aromatic heterocycles. The van der Waals surface area contributed by atoms with E-state index < -0.39 is 0 Å². The molecule has 1 N–H and O–H groups in total. The number of nitrogens with one attached hydrogen (secondary N) is 1. The molecule has 0 atom stereocenters. The Balaban J connectivity index is 1.56. The number of para-hydroxylation sites is 1. The average molecular weight is 367 g/mol. The van der Waals surface area contributed by atoms with Gasteiger partial charge in [0.05, 0.1) is 6.61 Å². The highest BCUT2D eigenvalue weighted by Gasteiger charge is 2.23. The number of nitrogens with zero attached hydrogens (tertiary/aromatic N) is 2. The third-order valence-electron chi connectivity index (χ3n) is 4.88. The van der Waals surface area contributed by atoms with E-state index in [-0.39, 0.29) is 6.03 Å².